The molecular weight excluding hydrogens is 757 g/mol. The zero-order chi connectivity index (χ0) is 44.7. The highest BCUT2D eigenvalue weighted by molar-refractivity contribution is 5.75. The number of Topliss-reactive ketones (excluding diaryl/α,β-unsaturated/α-hetero) is 1. The molecule has 0 heterocycles. The summed E-state index contributed by atoms with van der Waals surface area (Å²) < 4.78 is 12.0. The highest BCUT2D eigenvalue weighted by Crippen LogP contribution is 2.18. The lowest BCUT2D eigenvalue weighted by Gasteiger charge is -2.17. The molecule has 0 aromatic heterocycles. The molecule has 0 aromatic rings. The van der Waals surface area contributed by atoms with Gasteiger partial charge in [-0.2, -0.15) is 0 Å². The summed E-state index contributed by atoms with van der Waals surface area (Å²) in [6, 6.07) is 0. The molecule has 0 bridgehead atoms. The van der Waals surface area contributed by atoms with Crippen molar-refractivity contribution in [1.29, 1.82) is 0 Å². The van der Waals surface area contributed by atoms with Gasteiger partial charge in [0.15, 0.2) is 0 Å². The first-order valence-corrected chi connectivity index (χ1v) is 26.3. The summed E-state index contributed by atoms with van der Waals surface area (Å²) in [4.78, 5) is 36.5. The topological polar surface area (TPSA) is 89.9 Å². The van der Waals surface area contributed by atoms with Gasteiger partial charge in [-0.1, -0.05) is 179 Å². The number of rotatable bonds is 47. The first-order valence-electron chi connectivity index (χ1n) is 26.3. The van der Waals surface area contributed by atoms with Gasteiger partial charge in [0.25, 0.3) is 0 Å². The van der Waals surface area contributed by atoms with E-state index in [-0.39, 0.29) is 30.3 Å². The maximum absolute atomic E-state index is 12.7. The second-order valence-electron chi connectivity index (χ2n) is 18.2. The Labute approximate surface area is 378 Å². The summed E-state index contributed by atoms with van der Waals surface area (Å²) in [5.74, 6) is 0.220. The van der Waals surface area contributed by atoms with Crippen LogP contribution in [-0.2, 0) is 23.9 Å². The van der Waals surface area contributed by atoms with Crippen LogP contribution in [0.3, 0.4) is 0 Å². The molecule has 6 heteroatoms. The van der Waals surface area contributed by atoms with Gasteiger partial charge in [-0.05, 0) is 103 Å². The minimum atomic E-state index is -0.191. The molecule has 0 aliphatic rings. The van der Waals surface area contributed by atoms with Crippen molar-refractivity contribution in [1.82, 2.24) is 0 Å². The van der Waals surface area contributed by atoms with E-state index in [4.69, 9.17) is 9.47 Å². The van der Waals surface area contributed by atoms with Gasteiger partial charge in [0.2, 0.25) is 0 Å². The Morgan fingerprint density at radius 2 is 0.721 bits per heavy atom. The van der Waals surface area contributed by atoms with Crippen molar-refractivity contribution in [2.45, 2.75) is 296 Å². The molecule has 0 spiro atoms. The largest absolute Gasteiger partial charge is 0.462 e. The van der Waals surface area contributed by atoms with Gasteiger partial charge in [0.1, 0.15) is 18.0 Å². The molecule has 0 aromatic carbocycles. The smallest absolute Gasteiger partial charge is 0.306 e. The van der Waals surface area contributed by atoms with Crippen LogP contribution in [0.25, 0.3) is 0 Å². The standard InChI is InChI=1S/C55H100O6/c1-5-8-11-33-42-51(57)43-34-27-21-15-18-24-30-39-48-54(58)61-53(45-36-13-10-7-3)47-38-29-23-17-19-25-31-40-49-55(59)60-52(44-35-12-9-6-2)46-37-28-22-16-14-20-26-32-41-50(4)56/h27-29,34,37-38,51-53,57H,5-26,30-33,35-36,39-49H2,1-4H3/b34-27+,37-28+,38-29+. The Morgan fingerprint density at radius 1 is 0.393 bits per heavy atom. The zero-order valence-corrected chi connectivity index (χ0v) is 40.8. The van der Waals surface area contributed by atoms with Gasteiger partial charge >= 0.3 is 11.9 Å². The Balaban J connectivity index is 4.25. The van der Waals surface area contributed by atoms with Crippen LogP contribution in [0.2, 0.25) is 0 Å². The van der Waals surface area contributed by atoms with E-state index < -0.39 is 0 Å². The number of hydrogen-bond donors (Lipinski definition) is 1. The molecule has 0 fully saturated rings. The number of carbonyl (C=O) groups excluding carboxylic acids is 3. The van der Waals surface area contributed by atoms with Gasteiger partial charge in [-0.3, -0.25) is 9.59 Å². The van der Waals surface area contributed by atoms with E-state index in [0.717, 1.165) is 141 Å². The van der Waals surface area contributed by atoms with E-state index in [0.29, 0.717) is 25.0 Å². The summed E-state index contributed by atoms with van der Waals surface area (Å²) in [5, 5.41) is 10.1. The fraction of sp³-hybridized carbons (Fsp3) is 0.836. The number of esters is 2. The third kappa shape index (κ3) is 45.6. The van der Waals surface area contributed by atoms with E-state index in [1.807, 2.05) is 0 Å². The number of allylic oxidation sites excluding steroid dienone is 3. The number of carbonyl (C=O) groups is 3. The first-order chi connectivity index (χ1) is 29.8. The van der Waals surface area contributed by atoms with E-state index >= 15 is 0 Å². The Bertz CT molecular complexity index is 1060. The second-order valence-corrected chi connectivity index (χ2v) is 18.2. The van der Waals surface area contributed by atoms with Crippen molar-refractivity contribution in [2.75, 3.05) is 0 Å². The van der Waals surface area contributed by atoms with E-state index in [2.05, 4.69) is 57.2 Å². The van der Waals surface area contributed by atoms with Crippen LogP contribution in [0.15, 0.2) is 36.5 Å². The molecule has 0 saturated heterocycles. The molecule has 0 radical (unpaired) electrons. The molecule has 0 aliphatic heterocycles. The van der Waals surface area contributed by atoms with E-state index in [1.165, 1.54) is 89.9 Å². The number of hydrogen-bond acceptors (Lipinski definition) is 6. The Kier molecular flexibility index (Phi) is 45.6. The lowest BCUT2D eigenvalue weighted by atomic mass is 10.0. The molecule has 3 unspecified atom stereocenters. The molecular formula is C55H100O6. The molecule has 3 atom stereocenters. The van der Waals surface area contributed by atoms with Crippen molar-refractivity contribution in [3.05, 3.63) is 36.5 Å². The van der Waals surface area contributed by atoms with Crippen LogP contribution >= 0.6 is 0 Å². The van der Waals surface area contributed by atoms with Crippen molar-refractivity contribution in [2.24, 2.45) is 0 Å². The highest BCUT2D eigenvalue weighted by Gasteiger charge is 2.14. The highest BCUT2D eigenvalue weighted by atomic mass is 16.5. The second kappa shape index (κ2) is 47.3. The summed E-state index contributed by atoms with van der Waals surface area (Å²) >= 11 is 0. The molecule has 1 N–H and O–H groups in total. The maximum atomic E-state index is 12.7. The molecule has 0 amide bonds. The van der Waals surface area contributed by atoms with Gasteiger partial charge in [-0.15, -0.1) is 0 Å². The van der Waals surface area contributed by atoms with Crippen LogP contribution in [0.5, 0.6) is 0 Å². The predicted molar refractivity (Wildman–Crippen MR) is 261 cm³/mol. The number of unbranched alkanes of at least 4 members (excludes halogenated alkanes) is 24. The maximum Gasteiger partial charge on any atom is 0.306 e. The van der Waals surface area contributed by atoms with Gasteiger partial charge < -0.3 is 19.4 Å². The molecule has 61 heavy (non-hydrogen) atoms. The van der Waals surface area contributed by atoms with E-state index in [9.17, 15) is 19.5 Å². The lowest BCUT2D eigenvalue weighted by molar-refractivity contribution is -0.150. The molecule has 0 rings (SSSR count). The predicted octanol–water partition coefficient (Wildman–Crippen LogP) is 16.7. The molecule has 0 aliphatic carbocycles. The third-order valence-electron chi connectivity index (χ3n) is 11.9. The van der Waals surface area contributed by atoms with Crippen LogP contribution < -0.4 is 0 Å². The number of ketones is 1. The number of aliphatic hydroxyl groups excluding tert-OH is 1. The van der Waals surface area contributed by atoms with Crippen molar-refractivity contribution in [3.63, 3.8) is 0 Å². The fourth-order valence-electron chi connectivity index (χ4n) is 7.85. The van der Waals surface area contributed by atoms with Gasteiger partial charge in [0.05, 0.1) is 6.10 Å². The average Bonchev–Trinajstić information content (AvgIpc) is 3.24. The normalized spacial score (nSPS) is 13.4. The minimum Gasteiger partial charge on any atom is -0.462 e. The molecule has 356 valence electrons. The summed E-state index contributed by atoms with van der Waals surface area (Å²) in [5.41, 5.74) is 0. The van der Waals surface area contributed by atoms with Crippen molar-refractivity contribution < 1.29 is 29.0 Å². The van der Waals surface area contributed by atoms with Crippen LogP contribution in [0.4, 0.5) is 0 Å². The summed E-state index contributed by atoms with van der Waals surface area (Å²) in [7, 11) is 0. The monoisotopic (exact) mass is 857 g/mol. The van der Waals surface area contributed by atoms with Crippen molar-refractivity contribution in [3.8, 4) is 0 Å². The summed E-state index contributed by atoms with van der Waals surface area (Å²) in [6.45, 7) is 8.35. The zero-order valence-electron chi connectivity index (χ0n) is 40.8. The SMILES string of the molecule is CCCCCCC(O)C/C=C/CCCCCCCC(=O)OC(C/C=C/CCCCCCCC(=O)OC(C/C=C/CCCCCCCC(C)=O)CCCCCC)CCCCCC. The minimum absolute atomic E-state index is 0.00533. The number of aliphatic hydroxyl groups is 1. The fourth-order valence-corrected chi connectivity index (χ4v) is 7.85. The molecule has 0 saturated carbocycles. The van der Waals surface area contributed by atoms with Gasteiger partial charge in [0, 0.05) is 32.1 Å². The van der Waals surface area contributed by atoms with Gasteiger partial charge in [-0.25, -0.2) is 0 Å². The van der Waals surface area contributed by atoms with Crippen LogP contribution in [0, 0.1) is 0 Å². The first kappa shape index (κ1) is 58.8. The van der Waals surface area contributed by atoms with Crippen molar-refractivity contribution >= 4 is 17.7 Å². The third-order valence-corrected chi connectivity index (χ3v) is 11.9. The average molecular weight is 857 g/mol. The Morgan fingerprint density at radius 3 is 1.11 bits per heavy atom. The lowest BCUT2D eigenvalue weighted by Crippen LogP contribution is -2.17. The quantitative estimate of drug-likeness (QED) is 0.0372. The number of ether oxygens (including phenoxy) is 2. The van der Waals surface area contributed by atoms with E-state index in [1.54, 1.807) is 6.92 Å². The Hall–Kier alpha value is -2.21. The van der Waals surface area contributed by atoms with Crippen LogP contribution in [0.1, 0.15) is 278 Å². The molecule has 6 nitrogen and oxygen atoms in total. The van der Waals surface area contributed by atoms with Crippen LogP contribution in [-0.4, -0.2) is 41.1 Å². The summed E-state index contributed by atoms with van der Waals surface area (Å²) in [6.07, 6.45) is 54.3.